The molecule has 4 aromatic rings. The molecule has 0 fully saturated rings. The van der Waals surface area contributed by atoms with Crippen molar-refractivity contribution in [2.45, 2.75) is 6.42 Å². The van der Waals surface area contributed by atoms with Crippen LogP contribution in [0.25, 0.3) is 11.1 Å². The quantitative estimate of drug-likeness (QED) is 0.426. The first kappa shape index (κ1) is 19.3. The molecule has 0 saturated carbocycles. The van der Waals surface area contributed by atoms with Crippen LogP contribution in [0.1, 0.15) is 11.5 Å². The monoisotopic (exact) mass is 426 g/mol. The zero-order chi connectivity index (χ0) is 20.2. The van der Waals surface area contributed by atoms with E-state index in [1.807, 2.05) is 24.3 Å². The lowest BCUT2D eigenvalue weighted by Crippen LogP contribution is -2.20. The van der Waals surface area contributed by atoms with Crippen LogP contribution in [0.4, 0.5) is 5.69 Å². The Labute approximate surface area is 177 Å². The van der Waals surface area contributed by atoms with E-state index in [9.17, 15) is 4.79 Å². The molecule has 7 heteroatoms. The molecule has 0 radical (unpaired) electrons. The summed E-state index contributed by atoms with van der Waals surface area (Å²) in [4.78, 5) is 16.5. The van der Waals surface area contributed by atoms with Gasteiger partial charge in [-0.3, -0.25) is 4.79 Å². The second-order valence-corrected chi connectivity index (χ2v) is 7.20. The molecule has 1 N–H and O–H groups in total. The number of halogens is 2. The zero-order valence-electron chi connectivity index (χ0n) is 15.2. The van der Waals surface area contributed by atoms with Crippen molar-refractivity contribution in [3.8, 4) is 5.75 Å². The molecule has 0 aliphatic carbocycles. The van der Waals surface area contributed by atoms with Gasteiger partial charge in [-0.1, -0.05) is 47.5 Å². The van der Waals surface area contributed by atoms with Crippen LogP contribution in [0.5, 0.6) is 5.75 Å². The van der Waals surface area contributed by atoms with Crippen molar-refractivity contribution < 1.29 is 13.9 Å². The van der Waals surface area contributed by atoms with E-state index in [0.717, 1.165) is 11.1 Å². The number of para-hydroxylation sites is 1. The number of hydrogen-bond acceptors (Lipinski definition) is 4. The molecule has 0 unspecified atom stereocenters. The van der Waals surface area contributed by atoms with Crippen LogP contribution in [0.15, 0.2) is 71.1 Å². The van der Waals surface area contributed by atoms with Gasteiger partial charge in [0.25, 0.3) is 5.91 Å². The molecule has 0 aliphatic rings. The Bertz CT molecular complexity index is 1160. The third kappa shape index (κ3) is 4.88. The molecule has 29 heavy (non-hydrogen) atoms. The van der Waals surface area contributed by atoms with E-state index in [1.54, 1.807) is 42.5 Å². The average molecular weight is 427 g/mol. The molecule has 0 saturated heterocycles. The van der Waals surface area contributed by atoms with Crippen LogP contribution in [0.2, 0.25) is 10.0 Å². The van der Waals surface area contributed by atoms with Crippen molar-refractivity contribution in [3.63, 3.8) is 0 Å². The zero-order valence-corrected chi connectivity index (χ0v) is 16.7. The number of amides is 1. The van der Waals surface area contributed by atoms with Gasteiger partial charge in [0.2, 0.25) is 0 Å². The number of ether oxygens (including phenoxy) is 1. The first-order valence-corrected chi connectivity index (χ1v) is 9.63. The molecular weight excluding hydrogens is 411 g/mol. The molecular formula is C22H16Cl2N2O3. The molecule has 1 amide bonds. The standard InChI is InChI=1S/C22H16Cl2N2O3/c23-15-7-10-20-18(12-15)26-22(29-20)11-14-5-8-16(9-6-14)25-21(27)13-28-19-4-2-1-3-17(19)24/h1-10,12H,11,13H2,(H,25,27). The molecule has 0 atom stereocenters. The summed E-state index contributed by atoms with van der Waals surface area (Å²) in [5.41, 5.74) is 3.11. The molecule has 146 valence electrons. The summed E-state index contributed by atoms with van der Waals surface area (Å²) in [6.45, 7) is -0.128. The van der Waals surface area contributed by atoms with Crippen molar-refractivity contribution in [2.24, 2.45) is 0 Å². The summed E-state index contributed by atoms with van der Waals surface area (Å²) in [6.07, 6.45) is 0.538. The molecule has 3 aromatic carbocycles. The second-order valence-electron chi connectivity index (χ2n) is 6.36. The number of aromatic nitrogens is 1. The van der Waals surface area contributed by atoms with E-state index in [0.29, 0.717) is 39.4 Å². The van der Waals surface area contributed by atoms with Crippen LogP contribution in [0.3, 0.4) is 0 Å². The first-order valence-electron chi connectivity index (χ1n) is 8.88. The smallest absolute Gasteiger partial charge is 0.262 e. The number of anilines is 1. The average Bonchev–Trinajstić information content (AvgIpc) is 3.10. The number of carbonyl (C=O) groups excluding carboxylic acids is 1. The van der Waals surface area contributed by atoms with Crippen molar-refractivity contribution in [1.82, 2.24) is 4.98 Å². The lowest BCUT2D eigenvalue weighted by molar-refractivity contribution is -0.118. The van der Waals surface area contributed by atoms with Gasteiger partial charge in [0.05, 0.1) is 5.02 Å². The summed E-state index contributed by atoms with van der Waals surface area (Å²) < 4.78 is 11.2. The van der Waals surface area contributed by atoms with Crippen molar-refractivity contribution in [3.05, 3.63) is 88.2 Å². The lowest BCUT2D eigenvalue weighted by Gasteiger charge is -2.09. The summed E-state index contributed by atoms with van der Waals surface area (Å²) in [7, 11) is 0. The minimum Gasteiger partial charge on any atom is -0.482 e. The number of nitrogens with zero attached hydrogens (tertiary/aromatic N) is 1. The Morgan fingerprint density at radius 2 is 1.83 bits per heavy atom. The molecule has 0 spiro atoms. The third-order valence-corrected chi connectivity index (χ3v) is 4.73. The predicted octanol–water partition coefficient (Wildman–Crippen LogP) is 5.74. The van der Waals surface area contributed by atoms with Crippen LogP contribution in [0, 0.1) is 0 Å². The molecule has 1 aromatic heterocycles. The van der Waals surface area contributed by atoms with Gasteiger partial charge >= 0.3 is 0 Å². The summed E-state index contributed by atoms with van der Waals surface area (Å²) in [5, 5.41) is 3.87. The molecule has 1 heterocycles. The number of carbonyl (C=O) groups is 1. The van der Waals surface area contributed by atoms with E-state index in [1.165, 1.54) is 0 Å². The highest BCUT2D eigenvalue weighted by Crippen LogP contribution is 2.23. The Balaban J connectivity index is 1.34. The van der Waals surface area contributed by atoms with E-state index < -0.39 is 0 Å². The lowest BCUT2D eigenvalue weighted by atomic mass is 10.1. The fraction of sp³-hybridized carbons (Fsp3) is 0.0909. The normalized spacial score (nSPS) is 10.8. The number of hydrogen-bond donors (Lipinski definition) is 1. The van der Waals surface area contributed by atoms with Gasteiger partial charge in [0.1, 0.15) is 11.3 Å². The van der Waals surface area contributed by atoms with Gasteiger partial charge in [-0.05, 0) is 48.0 Å². The van der Waals surface area contributed by atoms with Gasteiger partial charge in [-0.15, -0.1) is 0 Å². The maximum atomic E-state index is 12.1. The number of oxazole rings is 1. The fourth-order valence-electron chi connectivity index (χ4n) is 2.81. The van der Waals surface area contributed by atoms with Crippen molar-refractivity contribution in [1.29, 1.82) is 0 Å². The van der Waals surface area contributed by atoms with Crippen molar-refractivity contribution in [2.75, 3.05) is 11.9 Å². The van der Waals surface area contributed by atoms with Crippen LogP contribution < -0.4 is 10.1 Å². The van der Waals surface area contributed by atoms with Crippen LogP contribution in [-0.2, 0) is 11.2 Å². The maximum absolute atomic E-state index is 12.1. The number of nitrogens with one attached hydrogen (secondary N) is 1. The van der Waals surface area contributed by atoms with Gasteiger partial charge in [-0.2, -0.15) is 0 Å². The number of rotatable bonds is 6. The third-order valence-electron chi connectivity index (χ3n) is 4.18. The van der Waals surface area contributed by atoms with E-state index in [4.69, 9.17) is 32.4 Å². The molecule has 5 nitrogen and oxygen atoms in total. The van der Waals surface area contributed by atoms with Gasteiger partial charge < -0.3 is 14.5 Å². The summed E-state index contributed by atoms with van der Waals surface area (Å²) in [6, 6.07) is 19.8. The highest BCUT2D eigenvalue weighted by Gasteiger charge is 2.09. The van der Waals surface area contributed by atoms with Gasteiger partial charge in [0.15, 0.2) is 18.1 Å². The maximum Gasteiger partial charge on any atom is 0.262 e. The van der Waals surface area contributed by atoms with Gasteiger partial charge in [0, 0.05) is 17.1 Å². The van der Waals surface area contributed by atoms with Crippen LogP contribution >= 0.6 is 23.2 Å². The Morgan fingerprint density at radius 3 is 2.62 bits per heavy atom. The fourth-order valence-corrected chi connectivity index (χ4v) is 3.16. The predicted molar refractivity (Wildman–Crippen MR) is 114 cm³/mol. The SMILES string of the molecule is O=C(COc1ccccc1Cl)Nc1ccc(Cc2nc3cc(Cl)ccc3o2)cc1. The topological polar surface area (TPSA) is 64.4 Å². The minimum absolute atomic E-state index is 0.128. The Kier molecular flexibility index (Phi) is 5.69. The van der Waals surface area contributed by atoms with Crippen molar-refractivity contribution >= 4 is 45.9 Å². The largest absolute Gasteiger partial charge is 0.482 e. The highest BCUT2D eigenvalue weighted by molar-refractivity contribution is 6.32. The molecule has 0 bridgehead atoms. The molecule has 4 rings (SSSR count). The van der Waals surface area contributed by atoms with Crippen LogP contribution in [-0.4, -0.2) is 17.5 Å². The number of fused-ring (bicyclic) bond motifs is 1. The summed E-state index contributed by atoms with van der Waals surface area (Å²) >= 11 is 12.0. The minimum atomic E-state index is -0.270. The first-order chi connectivity index (χ1) is 14.1. The molecule has 0 aliphatic heterocycles. The number of benzene rings is 3. The second kappa shape index (κ2) is 8.55. The van der Waals surface area contributed by atoms with E-state index in [2.05, 4.69) is 10.3 Å². The highest BCUT2D eigenvalue weighted by atomic mass is 35.5. The van der Waals surface area contributed by atoms with E-state index >= 15 is 0 Å². The Morgan fingerprint density at radius 1 is 1.03 bits per heavy atom. The van der Waals surface area contributed by atoms with E-state index in [-0.39, 0.29) is 12.5 Å². The van der Waals surface area contributed by atoms with Gasteiger partial charge in [-0.25, -0.2) is 4.98 Å². The summed E-state index contributed by atoms with van der Waals surface area (Å²) in [5.74, 6) is 0.806. The Hall–Kier alpha value is -3.02.